The van der Waals surface area contributed by atoms with Gasteiger partial charge in [0.1, 0.15) is 12.2 Å². The summed E-state index contributed by atoms with van der Waals surface area (Å²) in [4.78, 5) is 12.5. The minimum absolute atomic E-state index is 0.364. The lowest BCUT2D eigenvalue weighted by Crippen LogP contribution is -2.53. The first-order valence-corrected chi connectivity index (χ1v) is 22.7. The molecule has 0 rings (SSSR count). The van der Waals surface area contributed by atoms with Crippen molar-refractivity contribution in [2.24, 2.45) is 0 Å². The Kier molecular flexibility index (Phi) is 40.0. The molecule has 6 heteroatoms. The molecule has 0 heterocycles. The van der Waals surface area contributed by atoms with E-state index in [0.29, 0.717) is 19.3 Å². The third kappa shape index (κ3) is 34.6. The van der Waals surface area contributed by atoms with Crippen LogP contribution in [0.5, 0.6) is 0 Å². The zero-order valence-electron chi connectivity index (χ0n) is 34.6. The van der Waals surface area contributed by atoms with Gasteiger partial charge in [0, 0.05) is 0 Å². The molecule has 0 fully saturated rings. The van der Waals surface area contributed by atoms with Crippen LogP contribution in [-0.2, 0) is 4.79 Å². The van der Waals surface area contributed by atoms with E-state index in [1.54, 1.807) is 0 Å². The maximum atomic E-state index is 12.5. The van der Waals surface area contributed by atoms with E-state index in [1.807, 2.05) is 13.0 Å². The fraction of sp³-hybridized carbons (Fsp3) is 0.891. The van der Waals surface area contributed by atoms with Crippen LogP contribution < -0.4 is 5.32 Å². The highest BCUT2D eigenvalue weighted by molar-refractivity contribution is 5.80. The van der Waals surface area contributed by atoms with E-state index in [1.165, 1.54) is 161 Å². The summed E-state index contributed by atoms with van der Waals surface area (Å²) in [5.41, 5.74) is 0. The summed E-state index contributed by atoms with van der Waals surface area (Å²) in [6.07, 6.45) is 47.0. The van der Waals surface area contributed by atoms with E-state index in [4.69, 9.17) is 0 Å². The standard InChI is InChI=1S/C46H89NO5/c1-3-5-7-9-11-13-14-15-16-17-18-19-20-21-22-23-24-25-26-27-28-29-30-31-32-34-36-38-40-44(50)46(52)47-42(41-48)45(51)43(49)39-37-35-33-12-10-8-6-4-2/h4,6,12,33,42-45,48-51H,3,5,7-11,13-32,34-41H2,1-2H3,(H,47,52)/b6-4+,33-12+. The van der Waals surface area contributed by atoms with Crippen LogP contribution in [0.15, 0.2) is 24.3 Å². The van der Waals surface area contributed by atoms with Gasteiger partial charge in [-0.05, 0) is 45.4 Å². The third-order valence-electron chi connectivity index (χ3n) is 10.7. The van der Waals surface area contributed by atoms with Gasteiger partial charge in [-0.2, -0.15) is 0 Å². The fourth-order valence-corrected chi connectivity index (χ4v) is 7.13. The van der Waals surface area contributed by atoms with Crippen molar-refractivity contribution >= 4 is 5.91 Å². The molecule has 0 bridgehead atoms. The Balaban J connectivity index is 3.54. The molecule has 0 spiro atoms. The normalized spacial score (nSPS) is 14.3. The van der Waals surface area contributed by atoms with E-state index in [2.05, 4.69) is 30.5 Å². The highest BCUT2D eigenvalue weighted by Crippen LogP contribution is 2.17. The second-order valence-electron chi connectivity index (χ2n) is 15.8. The molecule has 0 saturated heterocycles. The van der Waals surface area contributed by atoms with Gasteiger partial charge in [-0.15, -0.1) is 0 Å². The lowest BCUT2D eigenvalue weighted by atomic mass is 10.00. The fourth-order valence-electron chi connectivity index (χ4n) is 7.13. The Morgan fingerprint density at radius 2 is 0.865 bits per heavy atom. The second kappa shape index (κ2) is 41.0. The van der Waals surface area contributed by atoms with E-state index in [-0.39, 0.29) is 0 Å². The van der Waals surface area contributed by atoms with Crippen LogP contribution in [0.1, 0.15) is 232 Å². The maximum absolute atomic E-state index is 12.5. The van der Waals surface area contributed by atoms with Gasteiger partial charge in [-0.25, -0.2) is 0 Å². The zero-order chi connectivity index (χ0) is 38.2. The number of allylic oxidation sites excluding steroid dienone is 4. The number of rotatable bonds is 41. The minimum atomic E-state index is -1.28. The van der Waals surface area contributed by atoms with Crippen LogP contribution >= 0.6 is 0 Å². The summed E-state index contributed by atoms with van der Waals surface area (Å²) in [6, 6.07) is -1.00. The number of nitrogens with one attached hydrogen (secondary N) is 1. The Morgan fingerprint density at radius 1 is 0.500 bits per heavy atom. The summed E-state index contributed by atoms with van der Waals surface area (Å²) < 4.78 is 0. The van der Waals surface area contributed by atoms with Crippen LogP contribution in [0.3, 0.4) is 0 Å². The second-order valence-corrected chi connectivity index (χ2v) is 15.8. The molecular formula is C46H89NO5. The first-order chi connectivity index (χ1) is 25.5. The van der Waals surface area contributed by atoms with Gasteiger partial charge in [0.05, 0.1) is 18.8 Å². The van der Waals surface area contributed by atoms with Crippen LogP contribution in [0.4, 0.5) is 0 Å². The van der Waals surface area contributed by atoms with Gasteiger partial charge >= 0.3 is 0 Å². The van der Waals surface area contributed by atoms with Gasteiger partial charge in [0.2, 0.25) is 5.91 Å². The van der Waals surface area contributed by atoms with Gasteiger partial charge < -0.3 is 25.7 Å². The number of hydrogen-bond donors (Lipinski definition) is 5. The van der Waals surface area contributed by atoms with Crippen molar-refractivity contribution in [1.82, 2.24) is 5.32 Å². The van der Waals surface area contributed by atoms with Crippen LogP contribution in [0.2, 0.25) is 0 Å². The highest BCUT2D eigenvalue weighted by atomic mass is 16.3. The lowest BCUT2D eigenvalue weighted by molar-refractivity contribution is -0.132. The molecule has 4 unspecified atom stereocenters. The molecule has 0 aromatic rings. The molecule has 0 aromatic heterocycles. The maximum Gasteiger partial charge on any atom is 0.249 e. The monoisotopic (exact) mass is 736 g/mol. The third-order valence-corrected chi connectivity index (χ3v) is 10.7. The lowest BCUT2D eigenvalue weighted by Gasteiger charge is -2.27. The zero-order valence-corrected chi connectivity index (χ0v) is 34.6. The molecule has 0 saturated carbocycles. The topological polar surface area (TPSA) is 110 Å². The largest absolute Gasteiger partial charge is 0.394 e. The van der Waals surface area contributed by atoms with Crippen molar-refractivity contribution in [1.29, 1.82) is 0 Å². The molecule has 4 atom stereocenters. The quantitative estimate of drug-likeness (QED) is 0.0317. The molecule has 0 aromatic carbocycles. The van der Waals surface area contributed by atoms with E-state index < -0.39 is 36.9 Å². The van der Waals surface area contributed by atoms with Crippen molar-refractivity contribution in [2.75, 3.05) is 6.61 Å². The number of hydrogen-bond acceptors (Lipinski definition) is 5. The van der Waals surface area contributed by atoms with E-state index in [0.717, 1.165) is 38.5 Å². The number of aliphatic hydroxyl groups excluding tert-OH is 4. The number of aliphatic hydroxyl groups is 4. The van der Waals surface area contributed by atoms with E-state index >= 15 is 0 Å². The van der Waals surface area contributed by atoms with Crippen LogP contribution in [0, 0.1) is 0 Å². The average molecular weight is 736 g/mol. The van der Waals surface area contributed by atoms with Crippen molar-refractivity contribution < 1.29 is 25.2 Å². The van der Waals surface area contributed by atoms with Gasteiger partial charge in [-0.3, -0.25) is 4.79 Å². The molecular weight excluding hydrogens is 647 g/mol. The molecule has 5 N–H and O–H groups in total. The average Bonchev–Trinajstić information content (AvgIpc) is 3.15. The van der Waals surface area contributed by atoms with Crippen molar-refractivity contribution in [2.45, 2.75) is 257 Å². The minimum Gasteiger partial charge on any atom is -0.394 e. The van der Waals surface area contributed by atoms with Crippen molar-refractivity contribution in [3.8, 4) is 0 Å². The summed E-state index contributed by atoms with van der Waals surface area (Å²) in [5.74, 6) is -0.598. The summed E-state index contributed by atoms with van der Waals surface area (Å²) in [6.45, 7) is 3.80. The van der Waals surface area contributed by atoms with Crippen molar-refractivity contribution in [3.63, 3.8) is 0 Å². The van der Waals surface area contributed by atoms with Gasteiger partial charge in [0.25, 0.3) is 0 Å². The van der Waals surface area contributed by atoms with Gasteiger partial charge in [0.15, 0.2) is 0 Å². The molecule has 6 nitrogen and oxygen atoms in total. The number of carbonyl (C=O) groups is 1. The molecule has 308 valence electrons. The Bertz CT molecular complexity index is 787. The first kappa shape index (κ1) is 50.8. The van der Waals surface area contributed by atoms with Crippen LogP contribution in [-0.4, -0.2) is 57.3 Å². The predicted molar refractivity (Wildman–Crippen MR) is 224 cm³/mol. The Labute approximate surface area is 323 Å². The molecule has 0 aliphatic heterocycles. The molecule has 0 aliphatic rings. The summed E-state index contributed by atoms with van der Waals surface area (Å²) >= 11 is 0. The van der Waals surface area contributed by atoms with E-state index in [9.17, 15) is 25.2 Å². The Hall–Kier alpha value is -1.21. The SMILES string of the molecule is C/C=C/CC/C=C/CCCC(O)C(O)C(CO)NC(=O)C(O)CCCCCCCCCCCCCCCCCCCCCCCCCCCCCC. The first-order valence-electron chi connectivity index (χ1n) is 22.7. The number of carbonyl (C=O) groups excluding carboxylic acids is 1. The molecule has 52 heavy (non-hydrogen) atoms. The molecule has 0 radical (unpaired) electrons. The van der Waals surface area contributed by atoms with Gasteiger partial charge in [-0.1, -0.05) is 211 Å². The van der Waals surface area contributed by atoms with Crippen LogP contribution in [0.25, 0.3) is 0 Å². The van der Waals surface area contributed by atoms with Crippen molar-refractivity contribution in [3.05, 3.63) is 24.3 Å². The predicted octanol–water partition coefficient (Wildman–Crippen LogP) is 12.0. The smallest absolute Gasteiger partial charge is 0.249 e. The molecule has 0 aliphatic carbocycles. The molecule has 1 amide bonds. The summed E-state index contributed by atoms with van der Waals surface area (Å²) in [7, 11) is 0. The summed E-state index contributed by atoms with van der Waals surface area (Å²) in [5, 5.41) is 43.3. The Morgan fingerprint density at radius 3 is 1.25 bits per heavy atom. The number of unbranched alkanes of at least 4 members (excludes halogenated alkanes) is 29. The highest BCUT2D eigenvalue weighted by Gasteiger charge is 2.28. The number of amides is 1.